The van der Waals surface area contributed by atoms with E-state index in [-0.39, 0.29) is 12.1 Å². The van der Waals surface area contributed by atoms with Gasteiger partial charge in [-0.2, -0.15) is 4.73 Å². The maximum absolute atomic E-state index is 11.6. The van der Waals surface area contributed by atoms with Crippen LogP contribution in [0.5, 0.6) is 11.5 Å². The number of anilines is 1. The van der Waals surface area contributed by atoms with E-state index in [9.17, 15) is 10.3 Å². The molecule has 1 fully saturated rings. The van der Waals surface area contributed by atoms with Crippen molar-refractivity contribution in [2.75, 3.05) is 12.0 Å². The van der Waals surface area contributed by atoms with E-state index < -0.39 is 6.23 Å². The lowest BCUT2D eigenvalue weighted by Gasteiger charge is -2.28. The van der Waals surface area contributed by atoms with Crippen LogP contribution in [0, 0.1) is 5.21 Å². The Labute approximate surface area is 153 Å². The van der Waals surface area contributed by atoms with E-state index in [0.717, 1.165) is 34.4 Å². The number of nitrogens with zero attached hydrogens (tertiary/aromatic N) is 2. The molecule has 0 spiro atoms. The lowest BCUT2D eigenvalue weighted by atomic mass is 10.1. The molecule has 1 aromatic carbocycles. The van der Waals surface area contributed by atoms with Crippen molar-refractivity contribution in [2.45, 2.75) is 51.0 Å². The molecule has 2 aromatic rings. The van der Waals surface area contributed by atoms with Gasteiger partial charge in [-0.1, -0.05) is 0 Å². The SMILES string of the molecule is COc1ccc(N2C(C)c3c[n+]([O-])ccc3C2O)cc1OC1CCCC1. The number of hydrogen-bond donors (Lipinski definition) is 1. The van der Waals surface area contributed by atoms with Crippen LogP contribution in [-0.2, 0) is 0 Å². The molecular formula is C20H24N2O4. The van der Waals surface area contributed by atoms with Gasteiger partial charge in [-0.15, -0.1) is 0 Å². The number of fused-ring (bicyclic) bond motifs is 1. The molecule has 1 aromatic heterocycles. The molecule has 1 aliphatic heterocycles. The number of aliphatic hydroxyl groups excluding tert-OH is 1. The molecular weight excluding hydrogens is 332 g/mol. The number of aromatic nitrogens is 1. The zero-order chi connectivity index (χ0) is 18.3. The van der Waals surface area contributed by atoms with Crippen molar-refractivity contribution in [3.8, 4) is 11.5 Å². The molecule has 2 unspecified atom stereocenters. The van der Waals surface area contributed by atoms with Crippen molar-refractivity contribution in [3.05, 3.63) is 53.0 Å². The van der Waals surface area contributed by atoms with E-state index in [0.29, 0.717) is 11.5 Å². The molecule has 0 saturated heterocycles. The van der Waals surface area contributed by atoms with Gasteiger partial charge in [0.25, 0.3) is 0 Å². The van der Waals surface area contributed by atoms with Crippen LogP contribution >= 0.6 is 0 Å². The zero-order valence-electron chi connectivity index (χ0n) is 15.1. The van der Waals surface area contributed by atoms with Crippen LogP contribution in [0.15, 0.2) is 36.7 Å². The Balaban J connectivity index is 1.67. The predicted molar refractivity (Wildman–Crippen MR) is 97.1 cm³/mol. The summed E-state index contributed by atoms with van der Waals surface area (Å²) in [6.07, 6.45) is 6.88. The maximum atomic E-state index is 11.6. The molecule has 1 saturated carbocycles. The number of ether oxygens (including phenoxy) is 2. The number of aliphatic hydroxyl groups is 1. The van der Waals surface area contributed by atoms with Crippen molar-refractivity contribution in [2.24, 2.45) is 0 Å². The first-order valence-corrected chi connectivity index (χ1v) is 9.12. The van der Waals surface area contributed by atoms with Gasteiger partial charge in [0.15, 0.2) is 30.1 Å². The molecule has 138 valence electrons. The second-order valence-electron chi connectivity index (χ2n) is 7.03. The third-order valence-corrected chi connectivity index (χ3v) is 5.45. The molecule has 1 aliphatic carbocycles. The van der Waals surface area contributed by atoms with Crippen LogP contribution in [0.4, 0.5) is 5.69 Å². The number of hydrogen-bond acceptors (Lipinski definition) is 5. The molecule has 2 atom stereocenters. The molecule has 2 heterocycles. The van der Waals surface area contributed by atoms with E-state index in [2.05, 4.69) is 0 Å². The molecule has 1 N–H and O–H groups in total. The first kappa shape index (κ1) is 17.0. The molecule has 0 bridgehead atoms. The van der Waals surface area contributed by atoms with E-state index >= 15 is 0 Å². The second kappa shape index (κ2) is 6.68. The summed E-state index contributed by atoms with van der Waals surface area (Å²) in [5.74, 6) is 1.39. The Hall–Kier alpha value is -2.47. The largest absolute Gasteiger partial charge is 0.619 e. The van der Waals surface area contributed by atoms with E-state index in [1.807, 2.05) is 30.0 Å². The Bertz CT molecular complexity index is 804. The lowest BCUT2D eigenvalue weighted by molar-refractivity contribution is -0.606. The minimum Gasteiger partial charge on any atom is -0.619 e. The van der Waals surface area contributed by atoms with Crippen LogP contribution < -0.4 is 19.1 Å². The average Bonchev–Trinajstić information content (AvgIpc) is 3.22. The highest BCUT2D eigenvalue weighted by Gasteiger charge is 2.37. The van der Waals surface area contributed by atoms with Crippen LogP contribution in [0.3, 0.4) is 0 Å². The highest BCUT2D eigenvalue weighted by molar-refractivity contribution is 5.61. The smallest absolute Gasteiger partial charge is 0.186 e. The topological polar surface area (TPSA) is 68.9 Å². The van der Waals surface area contributed by atoms with Crippen LogP contribution in [0.25, 0.3) is 0 Å². The van der Waals surface area contributed by atoms with E-state index in [1.165, 1.54) is 25.2 Å². The third kappa shape index (κ3) is 2.84. The first-order valence-electron chi connectivity index (χ1n) is 9.12. The summed E-state index contributed by atoms with van der Waals surface area (Å²) in [4.78, 5) is 1.89. The molecule has 26 heavy (non-hydrogen) atoms. The van der Waals surface area contributed by atoms with Gasteiger partial charge in [-0.05, 0) is 44.7 Å². The summed E-state index contributed by atoms with van der Waals surface area (Å²) in [6, 6.07) is 7.28. The Morgan fingerprint density at radius 1 is 1.15 bits per heavy atom. The van der Waals surface area contributed by atoms with Gasteiger partial charge >= 0.3 is 0 Å². The Morgan fingerprint density at radius 3 is 2.65 bits per heavy atom. The van der Waals surface area contributed by atoms with Crippen molar-refractivity contribution < 1.29 is 19.3 Å². The normalized spacial score (nSPS) is 22.5. The molecule has 6 nitrogen and oxygen atoms in total. The summed E-state index contributed by atoms with van der Waals surface area (Å²) in [5.41, 5.74) is 2.44. The first-order chi connectivity index (χ1) is 12.6. The van der Waals surface area contributed by atoms with Gasteiger partial charge in [0.1, 0.15) is 0 Å². The second-order valence-corrected chi connectivity index (χ2v) is 7.03. The number of rotatable bonds is 4. The molecule has 6 heteroatoms. The minimum atomic E-state index is -0.797. The van der Waals surface area contributed by atoms with Crippen molar-refractivity contribution >= 4 is 5.69 Å². The molecule has 2 aliphatic rings. The van der Waals surface area contributed by atoms with Gasteiger partial charge in [-0.3, -0.25) is 0 Å². The average molecular weight is 356 g/mol. The summed E-state index contributed by atoms with van der Waals surface area (Å²) in [7, 11) is 1.63. The van der Waals surface area contributed by atoms with Gasteiger partial charge in [0, 0.05) is 28.9 Å². The lowest BCUT2D eigenvalue weighted by Crippen LogP contribution is -2.26. The molecule has 0 amide bonds. The monoisotopic (exact) mass is 356 g/mol. The maximum Gasteiger partial charge on any atom is 0.186 e. The fraction of sp³-hybridized carbons (Fsp3) is 0.450. The van der Waals surface area contributed by atoms with Gasteiger partial charge in [-0.25, -0.2) is 0 Å². The highest BCUT2D eigenvalue weighted by Crippen LogP contribution is 2.45. The zero-order valence-corrected chi connectivity index (χ0v) is 15.1. The van der Waals surface area contributed by atoms with Gasteiger partial charge in [0.2, 0.25) is 0 Å². The highest BCUT2D eigenvalue weighted by atomic mass is 16.5. The van der Waals surface area contributed by atoms with E-state index in [1.54, 1.807) is 13.2 Å². The number of benzene rings is 1. The fourth-order valence-corrected chi connectivity index (χ4v) is 4.07. The third-order valence-electron chi connectivity index (χ3n) is 5.45. The van der Waals surface area contributed by atoms with Crippen LogP contribution in [-0.4, -0.2) is 18.3 Å². The Morgan fingerprint density at radius 2 is 1.92 bits per heavy atom. The predicted octanol–water partition coefficient (Wildman–Crippen LogP) is 3.22. The van der Waals surface area contributed by atoms with Gasteiger partial charge < -0.3 is 24.7 Å². The molecule has 0 radical (unpaired) electrons. The number of pyridine rings is 1. The molecule has 4 rings (SSSR count). The van der Waals surface area contributed by atoms with Crippen molar-refractivity contribution in [1.29, 1.82) is 0 Å². The van der Waals surface area contributed by atoms with E-state index in [4.69, 9.17) is 9.47 Å². The van der Waals surface area contributed by atoms with Crippen molar-refractivity contribution in [3.63, 3.8) is 0 Å². The number of methoxy groups -OCH3 is 1. The summed E-state index contributed by atoms with van der Waals surface area (Å²) < 4.78 is 12.4. The van der Waals surface area contributed by atoms with Gasteiger partial charge in [0.05, 0.1) is 19.3 Å². The van der Waals surface area contributed by atoms with Crippen LogP contribution in [0.1, 0.15) is 56.0 Å². The summed E-state index contributed by atoms with van der Waals surface area (Å²) in [6.45, 7) is 1.98. The quantitative estimate of drug-likeness (QED) is 0.673. The minimum absolute atomic E-state index is 0.117. The standard InChI is InChI=1S/C20H24N2O4/c1-13-17-12-21(24)10-9-16(17)20(23)22(13)14-7-8-18(25-2)19(11-14)26-15-5-3-4-6-15/h7-13,15,20,23H,3-6H2,1-2H3. The Kier molecular flexibility index (Phi) is 4.36. The van der Waals surface area contributed by atoms with Crippen LogP contribution in [0.2, 0.25) is 0 Å². The summed E-state index contributed by atoms with van der Waals surface area (Å²) in [5, 5.41) is 22.4. The van der Waals surface area contributed by atoms with Crippen molar-refractivity contribution in [1.82, 2.24) is 0 Å². The fourth-order valence-electron chi connectivity index (χ4n) is 4.07. The summed E-state index contributed by atoms with van der Waals surface area (Å²) >= 11 is 0.